The van der Waals surface area contributed by atoms with Crippen molar-refractivity contribution in [2.75, 3.05) is 0 Å². The van der Waals surface area contributed by atoms with Crippen LogP contribution in [0.25, 0.3) is 0 Å². The van der Waals surface area contributed by atoms with Crippen LogP contribution >= 0.6 is 0 Å². The summed E-state index contributed by atoms with van der Waals surface area (Å²) in [6.45, 7) is 3.67. The average Bonchev–Trinajstić information content (AvgIpc) is 2.63. The van der Waals surface area contributed by atoms with Crippen molar-refractivity contribution in [3.63, 3.8) is 0 Å². The van der Waals surface area contributed by atoms with Gasteiger partial charge in [0, 0.05) is 5.92 Å². The first-order chi connectivity index (χ1) is 7.33. The van der Waals surface area contributed by atoms with Crippen LogP contribution in [0.4, 0.5) is 0 Å². The third-order valence-corrected chi connectivity index (χ3v) is 3.15. The summed E-state index contributed by atoms with van der Waals surface area (Å²) in [4.78, 5) is 11.5. The van der Waals surface area contributed by atoms with Crippen LogP contribution in [0.15, 0.2) is 22.0 Å². The smallest absolute Gasteiger partial charge is 0.283 e. The number of aromatic nitrogens is 1. The van der Waals surface area contributed by atoms with E-state index in [-0.39, 0.29) is 5.56 Å². The monoisotopic (exact) mass is 207 g/mol. The van der Waals surface area contributed by atoms with Crippen molar-refractivity contribution < 1.29 is 4.52 Å². The molecular weight excluding hydrogens is 190 g/mol. The molecule has 1 aliphatic carbocycles. The molecule has 0 aliphatic heterocycles. The van der Waals surface area contributed by atoms with Crippen LogP contribution in [0.5, 0.6) is 0 Å². The third kappa shape index (κ3) is 2.06. The lowest BCUT2D eigenvalue weighted by Crippen LogP contribution is -2.10. The van der Waals surface area contributed by atoms with E-state index < -0.39 is 0 Å². The van der Waals surface area contributed by atoms with Gasteiger partial charge in [-0.25, -0.2) is 0 Å². The summed E-state index contributed by atoms with van der Waals surface area (Å²) in [6.07, 6.45) is 8.45. The standard InChI is InChI=1S/C12H17NO2/c1-2-6-10-11(15-13-12(10)14)9-7-4-3-5-8-9/h2,9H,1,3-8H2,(H,13,14). The van der Waals surface area contributed by atoms with Gasteiger partial charge in [0.2, 0.25) is 0 Å². The van der Waals surface area contributed by atoms with E-state index in [9.17, 15) is 4.79 Å². The quantitative estimate of drug-likeness (QED) is 0.774. The van der Waals surface area contributed by atoms with Crippen molar-refractivity contribution >= 4 is 0 Å². The van der Waals surface area contributed by atoms with E-state index in [0.29, 0.717) is 12.3 Å². The van der Waals surface area contributed by atoms with Gasteiger partial charge in [0.15, 0.2) is 0 Å². The fourth-order valence-electron chi connectivity index (χ4n) is 2.37. The van der Waals surface area contributed by atoms with Crippen LogP contribution < -0.4 is 5.56 Å². The second kappa shape index (κ2) is 4.51. The summed E-state index contributed by atoms with van der Waals surface area (Å²) in [6, 6.07) is 0. The summed E-state index contributed by atoms with van der Waals surface area (Å²) in [5, 5.41) is 2.44. The number of nitrogens with one attached hydrogen (secondary N) is 1. The maximum absolute atomic E-state index is 11.5. The second-order valence-electron chi connectivity index (χ2n) is 4.20. The normalized spacial score (nSPS) is 17.9. The molecule has 15 heavy (non-hydrogen) atoms. The van der Waals surface area contributed by atoms with Crippen LogP contribution in [0.2, 0.25) is 0 Å². The van der Waals surface area contributed by atoms with Crippen molar-refractivity contribution in [3.8, 4) is 0 Å². The van der Waals surface area contributed by atoms with Gasteiger partial charge in [-0.2, -0.15) is 5.16 Å². The number of H-pyrrole nitrogens is 1. The highest BCUT2D eigenvalue weighted by molar-refractivity contribution is 5.20. The third-order valence-electron chi connectivity index (χ3n) is 3.15. The molecule has 0 unspecified atom stereocenters. The molecule has 1 N–H and O–H groups in total. The Morgan fingerprint density at radius 3 is 2.80 bits per heavy atom. The van der Waals surface area contributed by atoms with Gasteiger partial charge in [-0.15, -0.1) is 6.58 Å². The van der Waals surface area contributed by atoms with E-state index in [1.165, 1.54) is 19.3 Å². The highest BCUT2D eigenvalue weighted by Gasteiger charge is 2.23. The molecule has 2 rings (SSSR count). The van der Waals surface area contributed by atoms with E-state index in [0.717, 1.165) is 24.2 Å². The molecule has 1 aromatic heterocycles. The maximum atomic E-state index is 11.5. The number of hydrogen-bond acceptors (Lipinski definition) is 2. The van der Waals surface area contributed by atoms with Crippen molar-refractivity contribution in [1.29, 1.82) is 0 Å². The molecule has 0 aromatic carbocycles. The van der Waals surface area contributed by atoms with Crippen molar-refractivity contribution in [2.24, 2.45) is 0 Å². The van der Waals surface area contributed by atoms with Gasteiger partial charge < -0.3 is 4.52 Å². The number of hydrogen-bond donors (Lipinski definition) is 1. The van der Waals surface area contributed by atoms with Crippen LogP contribution in [-0.4, -0.2) is 5.16 Å². The Kier molecular flexibility index (Phi) is 3.09. The molecule has 1 aromatic rings. The van der Waals surface area contributed by atoms with Crippen LogP contribution in [0.3, 0.4) is 0 Å². The SMILES string of the molecule is C=CCc1c(C2CCCCC2)o[nH]c1=O. The van der Waals surface area contributed by atoms with Crippen LogP contribution in [0.1, 0.15) is 49.3 Å². The van der Waals surface area contributed by atoms with E-state index in [1.807, 2.05) is 0 Å². The number of allylic oxidation sites excluding steroid dienone is 1. The van der Waals surface area contributed by atoms with E-state index in [2.05, 4.69) is 11.7 Å². The molecule has 1 saturated carbocycles. The van der Waals surface area contributed by atoms with E-state index >= 15 is 0 Å². The molecule has 1 fully saturated rings. The zero-order chi connectivity index (χ0) is 10.7. The molecule has 0 atom stereocenters. The summed E-state index contributed by atoms with van der Waals surface area (Å²) in [5.74, 6) is 1.31. The lowest BCUT2D eigenvalue weighted by atomic mass is 9.86. The average molecular weight is 207 g/mol. The Morgan fingerprint density at radius 1 is 1.40 bits per heavy atom. The minimum atomic E-state index is -0.0875. The predicted octanol–water partition coefficient (Wildman–Crippen LogP) is 2.74. The molecule has 3 nitrogen and oxygen atoms in total. The Bertz CT molecular complexity index is 383. The highest BCUT2D eigenvalue weighted by atomic mass is 16.5. The van der Waals surface area contributed by atoms with Gasteiger partial charge in [0.1, 0.15) is 5.76 Å². The first kappa shape index (κ1) is 10.3. The van der Waals surface area contributed by atoms with Gasteiger partial charge in [-0.3, -0.25) is 4.79 Å². The van der Waals surface area contributed by atoms with Gasteiger partial charge in [-0.05, 0) is 19.3 Å². The first-order valence-corrected chi connectivity index (χ1v) is 5.64. The van der Waals surface area contributed by atoms with Crippen molar-refractivity contribution in [1.82, 2.24) is 5.16 Å². The molecule has 82 valence electrons. The Balaban J connectivity index is 2.25. The molecule has 0 saturated heterocycles. The Hall–Kier alpha value is -1.25. The lowest BCUT2D eigenvalue weighted by molar-refractivity contribution is 0.317. The minimum absolute atomic E-state index is 0.0875. The summed E-state index contributed by atoms with van der Waals surface area (Å²) >= 11 is 0. The minimum Gasteiger partial charge on any atom is -0.383 e. The highest BCUT2D eigenvalue weighted by Crippen LogP contribution is 2.33. The zero-order valence-electron chi connectivity index (χ0n) is 8.92. The largest absolute Gasteiger partial charge is 0.383 e. The Morgan fingerprint density at radius 2 is 2.13 bits per heavy atom. The maximum Gasteiger partial charge on any atom is 0.283 e. The molecule has 0 amide bonds. The fraction of sp³-hybridized carbons (Fsp3) is 0.583. The van der Waals surface area contributed by atoms with Gasteiger partial charge in [0.25, 0.3) is 5.56 Å². The fourth-order valence-corrected chi connectivity index (χ4v) is 2.37. The predicted molar refractivity (Wildman–Crippen MR) is 59.1 cm³/mol. The summed E-state index contributed by atoms with van der Waals surface area (Å²) in [7, 11) is 0. The molecule has 0 bridgehead atoms. The summed E-state index contributed by atoms with van der Waals surface area (Å²) < 4.78 is 5.30. The lowest BCUT2D eigenvalue weighted by Gasteiger charge is -2.19. The first-order valence-electron chi connectivity index (χ1n) is 5.64. The zero-order valence-corrected chi connectivity index (χ0v) is 8.92. The summed E-state index contributed by atoms with van der Waals surface area (Å²) in [5.41, 5.74) is 0.687. The molecule has 0 spiro atoms. The van der Waals surface area contributed by atoms with Gasteiger partial charge >= 0.3 is 0 Å². The molecule has 1 heterocycles. The van der Waals surface area contributed by atoms with E-state index in [1.54, 1.807) is 6.08 Å². The van der Waals surface area contributed by atoms with Crippen molar-refractivity contribution in [2.45, 2.75) is 44.4 Å². The molecule has 1 aliphatic rings. The second-order valence-corrected chi connectivity index (χ2v) is 4.20. The van der Waals surface area contributed by atoms with E-state index in [4.69, 9.17) is 4.52 Å². The van der Waals surface area contributed by atoms with Crippen molar-refractivity contribution in [3.05, 3.63) is 34.3 Å². The molecule has 0 radical (unpaired) electrons. The van der Waals surface area contributed by atoms with Gasteiger partial charge in [-0.1, -0.05) is 25.3 Å². The number of aromatic amines is 1. The van der Waals surface area contributed by atoms with Crippen LogP contribution in [0, 0.1) is 0 Å². The topological polar surface area (TPSA) is 46.0 Å². The molecule has 3 heteroatoms. The number of rotatable bonds is 3. The van der Waals surface area contributed by atoms with Gasteiger partial charge in [0.05, 0.1) is 5.56 Å². The molecular formula is C12H17NO2. The Labute approximate surface area is 89.1 Å². The van der Waals surface area contributed by atoms with Crippen LogP contribution in [-0.2, 0) is 6.42 Å².